The number of likely N-dealkylation sites (tertiary alicyclic amines) is 1. The average Bonchev–Trinajstić information content (AvgIpc) is 4.04. The number of alkyl halides is 3. The molecule has 1 spiro atoms. The molecule has 0 bridgehead atoms. The first kappa shape index (κ1) is 52.2. The first-order valence-electron chi connectivity index (χ1n) is 24.1. The van der Waals surface area contributed by atoms with E-state index in [1.807, 2.05) is 100 Å². The Labute approximate surface area is 426 Å². The van der Waals surface area contributed by atoms with E-state index in [0.717, 1.165) is 51.4 Å². The Kier molecular flexibility index (Phi) is 15.4. The largest absolute Gasteiger partial charge is 0.494 e. The number of unbranched alkanes of at least 4 members (excludes halogenated alkanes) is 1. The van der Waals surface area contributed by atoms with Crippen molar-refractivity contribution in [1.82, 2.24) is 20.5 Å². The number of thiocarbonyl (C=S) groups is 1. The predicted octanol–water partition coefficient (Wildman–Crippen LogP) is 8.25. The van der Waals surface area contributed by atoms with E-state index in [-0.39, 0.29) is 43.5 Å². The van der Waals surface area contributed by atoms with Crippen molar-refractivity contribution in [3.8, 4) is 34.3 Å². The number of aliphatic hydroxyl groups is 1. The summed E-state index contributed by atoms with van der Waals surface area (Å²) >= 11 is 5.77. The Morgan fingerprint density at radius 3 is 2.19 bits per heavy atom. The number of halogens is 3. The number of aryl methyl sites for hydroxylation is 1. The van der Waals surface area contributed by atoms with Crippen molar-refractivity contribution in [1.29, 1.82) is 5.26 Å². The molecule has 4 aromatic carbocycles. The van der Waals surface area contributed by atoms with Crippen LogP contribution in [0.5, 0.6) is 5.75 Å². The van der Waals surface area contributed by atoms with Crippen LogP contribution in [-0.4, -0.2) is 93.8 Å². The monoisotopic (exact) mass is 1020 g/mol. The second kappa shape index (κ2) is 21.5. The number of rotatable bonds is 17. The zero-order valence-corrected chi connectivity index (χ0v) is 41.6. The van der Waals surface area contributed by atoms with Gasteiger partial charge in [0, 0.05) is 37.4 Å². The van der Waals surface area contributed by atoms with Gasteiger partial charge in [0.25, 0.3) is 5.91 Å². The second-order valence-corrected chi connectivity index (χ2v) is 20.0. The molecule has 3 heterocycles. The van der Waals surface area contributed by atoms with Gasteiger partial charge < -0.3 is 39.4 Å². The molecule has 4 amide bonds. The lowest BCUT2D eigenvalue weighted by molar-refractivity contribution is -0.144. The lowest BCUT2D eigenvalue weighted by atomic mass is 9.75. The average molecular weight is 1020 g/mol. The summed E-state index contributed by atoms with van der Waals surface area (Å²) in [4.78, 5) is 62.8. The van der Waals surface area contributed by atoms with Crippen molar-refractivity contribution in [2.45, 2.75) is 103 Å². The SMILES string of the molecule is Cc1ncoc1-c1ccc(CNC(=O)[C@@H]2C[C@@H](O)CN2C(=O)C(NC(=O)COCCCCOc2ccc(-c3ccc(N4C(=S)N(c5ccc(C#N)c(C(F)(F)F)c5)C(=O)C45CCC5)cc3)cc2)C(C)(C)C)cc1. The molecule has 73 heavy (non-hydrogen) atoms. The van der Waals surface area contributed by atoms with Crippen molar-refractivity contribution in [3.05, 3.63) is 120 Å². The van der Waals surface area contributed by atoms with E-state index in [9.17, 15) is 42.7 Å². The molecule has 3 N–H and O–H groups in total. The second-order valence-electron chi connectivity index (χ2n) is 19.6. The molecule has 1 unspecified atom stereocenters. The third kappa shape index (κ3) is 11.3. The molecule has 19 heteroatoms. The molecule has 2 saturated heterocycles. The van der Waals surface area contributed by atoms with Gasteiger partial charge in [-0.2, -0.15) is 18.4 Å². The smallest absolute Gasteiger partial charge is 0.417 e. The molecule has 382 valence electrons. The molecular weight excluding hydrogens is 964 g/mol. The van der Waals surface area contributed by atoms with Crippen molar-refractivity contribution >= 4 is 52.3 Å². The zero-order valence-electron chi connectivity index (χ0n) is 40.8. The predicted molar refractivity (Wildman–Crippen MR) is 269 cm³/mol. The van der Waals surface area contributed by atoms with Gasteiger partial charge in [0.05, 0.1) is 41.3 Å². The minimum atomic E-state index is -4.79. The Bertz CT molecular complexity index is 2890. The van der Waals surface area contributed by atoms with Gasteiger partial charge >= 0.3 is 6.18 Å². The summed E-state index contributed by atoms with van der Waals surface area (Å²) in [6.45, 7) is 7.84. The quantitative estimate of drug-likeness (QED) is 0.0598. The third-order valence-electron chi connectivity index (χ3n) is 13.5. The number of anilines is 2. The highest BCUT2D eigenvalue weighted by Crippen LogP contribution is 2.48. The van der Waals surface area contributed by atoms with Crippen molar-refractivity contribution in [3.63, 3.8) is 0 Å². The summed E-state index contributed by atoms with van der Waals surface area (Å²) < 4.78 is 58.6. The Morgan fingerprint density at radius 1 is 0.945 bits per heavy atom. The number of nitrogens with one attached hydrogen (secondary N) is 2. The molecule has 2 aliphatic heterocycles. The van der Waals surface area contributed by atoms with Crippen LogP contribution >= 0.6 is 12.2 Å². The van der Waals surface area contributed by atoms with Crippen molar-refractivity contribution in [2.75, 3.05) is 36.2 Å². The highest BCUT2D eigenvalue weighted by atomic mass is 32.1. The van der Waals surface area contributed by atoms with Gasteiger partial charge in [0.15, 0.2) is 17.3 Å². The summed E-state index contributed by atoms with van der Waals surface area (Å²) in [5, 5.41) is 25.6. The van der Waals surface area contributed by atoms with E-state index >= 15 is 0 Å². The molecule has 5 aromatic rings. The number of benzene rings is 4. The van der Waals surface area contributed by atoms with E-state index in [0.29, 0.717) is 49.5 Å². The first-order valence-corrected chi connectivity index (χ1v) is 24.5. The van der Waals surface area contributed by atoms with Gasteiger partial charge in [-0.15, -0.1) is 0 Å². The van der Waals surface area contributed by atoms with E-state index < -0.39 is 70.1 Å². The fourth-order valence-corrected chi connectivity index (χ4v) is 9.87. The number of hydrogen-bond acceptors (Lipinski definition) is 11. The zero-order chi connectivity index (χ0) is 52.2. The Morgan fingerprint density at radius 2 is 1.59 bits per heavy atom. The van der Waals surface area contributed by atoms with Crippen LogP contribution in [0.25, 0.3) is 22.5 Å². The topological polar surface area (TPSA) is 191 Å². The van der Waals surface area contributed by atoms with Crippen LogP contribution < -0.4 is 25.2 Å². The summed E-state index contributed by atoms with van der Waals surface area (Å²) in [5.74, 6) is -0.446. The summed E-state index contributed by atoms with van der Waals surface area (Å²) in [5.41, 5.74) is 1.41. The molecule has 0 radical (unpaired) electrons. The molecular formula is C54H56F3N7O8S. The van der Waals surface area contributed by atoms with Crippen LogP contribution in [0, 0.1) is 23.7 Å². The van der Waals surface area contributed by atoms with E-state index in [1.54, 1.807) is 11.0 Å². The maximum atomic E-state index is 14.0. The fourth-order valence-electron chi connectivity index (χ4n) is 9.40. The highest BCUT2D eigenvalue weighted by molar-refractivity contribution is 7.81. The maximum Gasteiger partial charge on any atom is 0.417 e. The lowest BCUT2D eigenvalue weighted by Gasteiger charge is -2.43. The normalized spacial score (nSPS) is 17.9. The molecule has 15 nitrogen and oxygen atoms in total. The molecule has 1 saturated carbocycles. The van der Waals surface area contributed by atoms with E-state index in [2.05, 4.69) is 15.6 Å². The number of amides is 4. The van der Waals surface area contributed by atoms with E-state index in [1.165, 1.54) is 17.4 Å². The molecule has 8 rings (SSSR count). The van der Waals surface area contributed by atoms with Gasteiger partial charge in [-0.05, 0) is 116 Å². The molecule has 3 fully saturated rings. The van der Waals surface area contributed by atoms with Gasteiger partial charge in [-0.3, -0.25) is 24.1 Å². The number of oxazole rings is 1. The van der Waals surface area contributed by atoms with Crippen LogP contribution in [0.15, 0.2) is 102 Å². The summed E-state index contributed by atoms with van der Waals surface area (Å²) in [6.07, 6.45) is -1.28. The molecule has 3 atom stereocenters. The molecule has 3 aliphatic rings. The van der Waals surface area contributed by atoms with Crippen molar-refractivity contribution < 1.29 is 51.3 Å². The molecule has 1 aliphatic carbocycles. The lowest BCUT2D eigenvalue weighted by Crippen LogP contribution is -2.58. The number of nitrogens with zero attached hydrogens (tertiary/aromatic N) is 5. The van der Waals surface area contributed by atoms with Gasteiger partial charge in [0.1, 0.15) is 30.0 Å². The number of β-amino-alcohol motifs (C(OH)–C–C–N with tert-alkyl or cyclic N) is 1. The van der Waals surface area contributed by atoms with E-state index in [4.69, 9.17) is 26.1 Å². The van der Waals surface area contributed by atoms with Gasteiger partial charge in [0.2, 0.25) is 17.7 Å². The fraction of sp³-hybridized carbons (Fsp3) is 0.389. The summed E-state index contributed by atoms with van der Waals surface area (Å²) in [7, 11) is 0. The third-order valence-corrected chi connectivity index (χ3v) is 13.9. The number of nitriles is 1. The van der Waals surface area contributed by atoms with Gasteiger partial charge in [-0.25, -0.2) is 4.98 Å². The number of carbonyl (C=O) groups is 4. The Hall–Kier alpha value is -7.14. The Balaban J connectivity index is 0.773. The van der Waals surface area contributed by atoms with Crippen LogP contribution in [0.1, 0.15) is 81.7 Å². The minimum absolute atomic E-state index is 0.0421. The summed E-state index contributed by atoms with van der Waals surface area (Å²) in [6, 6.07) is 25.3. The number of carbonyl (C=O) groups excluding carboxylic acids is 4. The first-order chi connectivity index (χ1) is 34.8. The number of hydrogen-bond donors (Lipinski definition) is 3. The van der Waals surface area contributed by atoms with Crippen LogP contribution in [0.2, 0.25) is 0 Å². The standard InChI is InChI=1S/C54H56F3N7O8S/c1-33-46(72-32-60-33)37-10-8-34(9-11-37)29-59-48(67)44-27-41(65)30-62(44)49(68)47(52(2,3)4)61-45(66)31-70-24-5-6-25-71-42-20-15-36(16-21-42)35-12-17-39(18-13-35)64-51(73)63(50(69)53(64)22-7-23-53)40-19-14-38(28-58)43(26-40)54(55,56)57/h8-21,26,32,41,44,47,65H,5-7,22-25,27,29-31H2,1-4H3,(H,59,67)(H,61,66)/t41-,44+,47?/m1/s1. The molecule has 1 aromatic heterocycles. The van der Waals surface area contributed by atoms with Crippen LogP contribution in [0.4, 0.5) is 24.5 Å². The van der Waals surface area contributed by atoms with Gasteiger partial charge in [-0.1, -0.05) is 69.3 Å². The number of aromatic nitrogens is 1. The van der Waals surface area contributed by atoms with Crippen LogP contribution in [-0.2, 0) is 36.6 Å². The highest BCUT2D eigenvalue weighted by Gasteiger charge is 2.59. The van der Waals surface area contributed by atoms with Crippen LogP contribution in [0.3, 0.4) is 0 Å². The minimum Gasteiger partial charge on any atom is -0.494 e. The maximum absolute atomic E-state index is 14.0. The number of ether oxygens (including phenoxy) is 2. The number of aliphatic hydroxyl groups excluding tert-OH is 1. The van der Waals surface area contributed by atoms with Crippen molar-refractivity contribution in [2.24, 2.45) is 5.41 Å².